The van der Waals surface area contributed by atoms with Crippen molar-refractivity contribution >= 4 is 39.4 Å². The molecule has 0 radical (unpaired) electrons. The highest BCUT2D eigenvalue weighted by Gasteiger charge is 2.40. The van der Waals surface area contributed by atoms with Crippen molar-refractivity contribution in [3.05, 3.63) is 62.3 Å². The molecule has 0 saturated carbocycles. The summed E-state index contributed by atoms with van der Waals surface area (Å²) in [7, 11) is 0. The second-order valence-corrected chi connectivity index (χ2v) is 11.1. The van der Waals surface area contributed by atoms with Gasteiger partial charge in [-0.2, -0.15) is 0 Å². The van der Waals surface area contributed by atoms with Crippen molar-refractivity contribution in [3.63, 3.8) is 0 Å². The Hall–Kier alpha value is -1.96. The average Bonchev–Trinajstić information content (AvgIpc) is 2.88. The molecule has 1 saturated heterocycles. The molecule has 1 aromatic heterocycles. The van der Waals surface area contributed by atoms with E-state index in [0.29, 0.717) is 24.7 Å². The molecule has 2 heterocycles. The number of carbonyl (C=O) groups excluding carboxylic acids is 2. The van der Waals surface area contributed by atoms with E-state index >= 15 is 0 Å². The van der Waals surface area contributed by atoms with E-state index in [1.165, 1.54) is 18.1 Å². The Bertz CT molecular complexity index is 1030. The minimum absolute atomic E-state index is 0. The quantitative estimate of drug-likeness (QED) is 0.471. The van der Waals surface area contributed by atoms with Crippen LogP contribution < -0.4 is 0 Å². The van der Waals surface area contributed by atoms with E-state index in [9.17, 15) is 9.59 Å². The number of carbonyl (C=O) groups is 2. The molecule has 8 heteroatoms. The van der Waals surface area contributed by atoms with Crippen molar-refractivity contribution in [2.24, 2.45) is 0 Å². The third kappa shape index (κ3) is 5.64. The fraction of sp³-hybridized carbons (Fsp3) is 0.500. The van der Waals surface area contributed by atoms with Gasteiger partial charge < -0.3 is 4.74 Å². The van der Waals surface area contributed by atoms with Gasteiger partial charge in [0.2, 0.25) is 0 Å². The van der Waals surface area contributed by atoms with Crippen LogP contribution in [0.1, 0.15) is 63.5 Å². The fourth-order valence-corrected chi connectivity index (χ4v) is 5.28. The number of hydrogen-bond donors (Lipinski definition) is 0. The highest BCUT2D eigenvalue weighted by Crippen LogP contribution is 2.38. The molecule has 2 aliphatic rings. The van der Waals surface area contributed by atoms with Crippen molar-refractivity contribution in [1.82, 2.24) is 14.8 Å². The van der Waals surface area contributed by atoms with Gasteiger partial charge in [-0.15, -0.1) is 0 Å². The maximum Gasteiger partial charge on any atom is 0.410 e. The summed E-state index contributed by atoms with van der Waals surface area (Å²) in [6, 6.07) is 7.45. The minimum atomic E-state index is -0.620. The monoisotopic (exact) mass is 549 g/mol. The first kappa shape index (κ1) is 26.6. The molecule has 1 aliphatic heterocycles. The van der Waals surface area contributed by atoms with Crippen molar-refractivity contribution in [3.8, 4) is 0 Å². The van der Waals surface area contributed by atoms with Crippen LogP contribution in [0, 0.1) is 0 Å². The van der Waals surface area contributed by atoms with Crippen molar-refractivity contribution in [1.29, 1.82) is 0 Å². The maximum absolute atomic E-state index is 12.8. The number of benzene rings is 1. The van der Waals surface area contributed by atoms with Gasteiger partial charge in [0.15, 0.2) is 5.78 Å². The van der Waals surface area contributed by atoms with Crippen LogP contribution in [0.15, 0.2) is 34.9 Å². The number of piperazine rings is 1. The lowest BCUT2D eigenvalue weighted by molar-refractivity contribution is -0.124. The SMILES string of the molecule is C.CC(=O)[C@H]1CN(C2c3ccc(Cl)cc3CCc3cc(Br)cnc32)CCN1C(=O)OC(C)(C)C. The molecule has 1 amide bonds. The van der Waals surface area contributed by atoms with E-state index < -0.39 is 17.7 Å². The zero-order valence-corrected chi connectivity index (χ0v) is 21.7. The van der Waals surface area contributed by atoms with Gasteiger partial charge in [0.05, 0.1) is 11.7 Å². The number of rotatable bonds is 2. The van der Waals surface area contributed by atoms with Crippen LogP contribution in [0.5, 0.6) is 0 Å². The van der Waals surface area contributed by atoms with Crippen molar-refractivity contribution in [2.45, 2.75) is 65.6 Å². The second-order valence-electron chi connectivity index (χ2n) is 9.74. The molecular weight excluding hydrogens is 518 g/mol. The molecule has 1 fully saturated rings. The van der Waals surface area contributed by atoms with Gasteiger partial charge in [0.1, 0.15) is 11.6 Å². The number of ketones is 1. The summed E-state index contributed by atoms with van der Waals surface area (Å²) in [5.74, 6) is -0.0560. The number of amides is 1. The number of hydrogen-bond acceptors (Lipinski definition) is 5. The van der Waals surface area contributed by atoms with E-state index in [0.717, 1.165) is 28.6 Å². The van der Waals surface area contributed by atoms with Gasteiger partial charge in [-0.05, 0) is 91.4 Å². The third-order valence-corrected chi connectivity index (χ3v) is 6.83. The Morgan fingerprint density at radius 3 is 2.53 bits per heavy atom. The third-order valence-electron chi connectivity index (χ3n) is 6.16. The van der Waals surface area contributed by atoms with Crippen LogP contribution >= 0.6 is 27.5 Å². The summed E-state index contributed by atoms with van der Waals surface area (Å²) in [6.07, 6.45) is 3.11. The van der Waals surface area contributed by atoms with Gasteiger partial charge in [-0.1, -0.05) is 25.1 Å². The average molecular weight is 551 g/mol. The molecular formula is C26H33BrClN3O3. The zero-order valence-electron chi connectivity index (χ0n) is 19.4. The molecule has 34 heavy (non-hydrogen) atoms. The normalized spacial score (nSPS) is 20.5. The Morgan fingerprint density at radius 1 is 1.15 bits per heavy atom. The fourth-order valence-electron chi connectivity index (χ4n) is 4.71. The zero-order chi connectivity index (χ0) is 23.9. The van der Waals surface area contributed by atoms with E-state index in [1.54, 1.807) is 4.90 Å². The summed E-state index contributed by atoms with van der Waals surface area (Å²) in [5, 5.41) is 0.712. The number of nitrogens with zero attached hydrogens (tertiary/aromatic N) is 3. The Morgan fingerprint density at radius 2 is 1.85 bits per heavy atom. The van der Waals surface area contributed by atoms with E-state index in [2.05, 4.69) is 33.0 Å². The van der Waals surface area contributed by atoms with Crippen molar-refractivity contribution in [2.75, 3.05) is 19.6 Å². The first-order valence-corrected chi connectivity index (χ1v) is 12.4. The number of aromatic nitrogens is 1. The van der Waals surface area contributed by atoms with Crippen LogP contribution in [0.3, 0.4) is 0 Å². The van der Waals surface area contributed by atoms with Gasteiger partial charge in [0.25, 0.3) is 0 Å². The van der Waals surface area contributed by atoms with Gasteiger partial charge in [-0.25, -0.2) is 4.79 Å². The maximum atomic E-state index is 12.8. The summed E-state index contributed by atoms with van der Waals surface area (Å²) in [6.45, 7) is 8.46. The Kier molecular flexibility index (Phi) is 8.10. The predicted octanol–water partition coefficient (Wildman–Crippen LogP) is 5.83. The van der Waals surface area contributed by atoms with Gasteiger partial charge in [-0.3, -0.25) is 19.6 Å². The standard InChI is InChI=1S/C25H29BrClN3O3.CH4/c1-15(31)21-14-29(9-10-30(21)24(32)33-25(2,3)4)23-20-8-7-19(27)12-16(20)5-6-17-11-18(26)13-28-22(17)23;/h7-8,11-13,21,23H,5-6,9-10,14H2,1-4H3;1H4/t21-,23?;/m1./s1. The molecule has 0 bridgehead atoms. The van der Waals surface area contributed by atoms with E-state index in [-0.39, 0.29) is 19.3 Å². The van der Waals surface area contributed by atoms with E-state index in [4.69, 9.17) is 21.3 Å². The Balaban J connectivity index is 0.00000324. The smallest absolute Gasteiger partial charge is 0.410 e. The lowest BCUT2D eigenvalue weighted by Gasteiger charge is -2.43. The number of ether oxygens (including phenoxy) is 1. The van der Waals surface area contributed by atoms with Crippen molar-refractivity contribution < 1.29 is 14.3 Å². The number of aryl methyl sites for hydroxylation is 2. The second kappa shape index (κ2) is 10.3. The molecule has 2 atom stereocenters. The number of fused-ring (bicyclic) bond motifs is 2. The molecule has 6 nitrogen and oxygen atoms in total. The molecule has 0 spiro atoms. The number of Topliss-reactive ketones (excluding diaryl/α,β-unsaturated/α-hetero) is 1. The van der Waals surface area contributed by atoms with Crippen LogP contribution in [-0.2, 0) is 22.4 Å². The first-order valence-electron chi connectivity index (χ1n) is 11.2. The van der Waals surface area contributed by atoms with Gasteiger partial charge in [0, 0.05) is 35.3 Å². The largest absolute Gasteiger partial charge is 0.444 e. The first-order chi connectivity index (χ1) is 15.5. The molecule has 1 unspecified atom stereocenters. The topological polar surface area (TPSA) is 62.7 Å². The van der Waals surface area contributed by atoms with E-state index in [1.807, 2.05) is 39.1 Å². The molecule has 1 aliphatic carbocycles. The highest BCUT2D eigenvalue weighted by atomic mass is 79.9. The Labute approximate surface area is 215 Å². The minimum Gasteiger partial charge on any atom is -0.444 e. The number of halogens is 2. The van der Waals surface area contributed by atoms with Crippen LogP contribution in [0.25, 0.3) is 0 Å². The van der Waals surface area contributed by atoms with Crippen LogP contribution in [0.2, 0.25) is 5.02 Å². The summed E-state index contributed by atoms with van der Waals surface area (Å²) in [5.41, 5.74) is 3.89. The predicted molar refractivity (Wildman–Crippen MR) is 138 cm³/mol. The van der Waals surface area contributed by atoms with Crippen LogP contribution in [0.4, 0.5) is 4.79 Å². The molecule has 4 rings (SSSR count). The molecule has 0 N–H and O–H groups in total. The number of pyridine rings is 1. The lowest BCUT2D eigenvalue weighted by atomic mass is 9.95. The summed E-state index contributed by atoms with van der Waals surface area (Å²) in [4.78, 5) is 34.1. The molecule has 184 valence electrons. The molecule has 2 aromatic rings. The van der Waals surface area contributed by atoms with Gasteiger partial charge >= 0.3 is 6.09 Å². The highest BCUT2D eigenvalue weighted by molar-refractivity contribution is 9.10. The molecule has 1 aromatic carbocycles. The van der Waals surface area contributed by atoms with Crippen LogP contribution in [-0.4, -0.2) is 57.9 Å². The summed E-state index contributed by atoms with van der Waals surface area (Å²) >= 11 is 9.89. The lowest BCUT2D eigenvalue weighted by Crippen LogP contribution is -2.59. The summed E-state index contributed by atoms with van der Waals surface area (Å²) < 4.78 is 6.53.